The van der Waals surface area contributed by atoms with E-state index in [1.54, 1.807) is 26.0 Å². The van der Waals surface area contributed by atoms with Crippen LogP contribution in [0.2, 0.25) is 0 Å². The summed E-state index contributed by atoms with van der Waals surface area (Å²) in [6, 6.07) is 0. The molecule has 7 atom stereocenters. The van der Waals surface area contributed by atoms with Gasteiger partial charge in [0.05, 0.1) is 43.4 Å². The molecule has 1 N–H and O–H groups in total. The molecule has 1 spiro atoms. The van der Waals surface area contributed by atoms with Crippen molar-refractivity contribution in [2.24, 2.45) is 23.7 Å². The minimum atomic E-state index is -0.754. The summed E-state index contributed by atoms with van der Waals surface area (Å²) in [5.74, 6) is 3.97. The van der Waals surface area contributed by atoms with E-state index in [1.165, 1.54) is 0 Å². The van der Waals surface area contributed by atoms with E-state index in [9.17, 15) is 9.90 Å². The van der Waals surface area contributed by atoms with Crippen molar-refractivity contribution in [1.82, 2.24) is 0 Å². The molecule has 4 aliphatic heterocycles. The topological polar surface area (TPSA) is 74.2 Å². The van der Waals surface area contributed by atoms with Crippen LogP contribution < -0.4 is 0 Å². The highest BCUT2D eigenvalue weighted by Gasteiger charge is 2.54. The van der Waals surface area contributed by atoms with Crippen LogP contribution in [0.4, 0.5) is 0 Å². The summed E-state index contributed by atoms with van der Waals surface area (Å²) in [5.41, 5.74) is 0. The summed E-state index contributed by atoms with van der Waals surface area (Å²) in [5, 5.41) is 11.4. The van der Waals surface area contributed by atoms with Gasteiger partial charge in [0, 0.05) is 55.5 Å². The molecule has 6 nitrogen and oxygen atoms in total. The highest BCUT2D eigenvalue weighted by Crippen LogP contribution is 2.45. The Morgan fingerprint density at radius 3 is 2.50 bits per heavy atom. The number of hydrogen-bond acceptors (Lipinski definition) is 9. The number of rotatable bonds is 6. The van der Waals surface area contributed by atoms with Gasteiger partial charge in [-0.05, 0) is 17.9 Å². The van der Waals surface area contributed by atoms with Gasteiger partial charge in [0.25, 0.3) is 0 Å². The van der Waals surface area contributed by atoms with E-state index in [4.69, 9.17) is 18.9 Å². The number of hydrogen-bond donors (Lipinski definition) is 1. The van der Waals surface area contributed by atoms with E-state index >= 15 is 0 Å². The van der Waals surface area contributed by atoms with Crippen LogP contribution in [0.15, 0.2) is 0 Å². The zero-order valence-electron chi connectivity index (χ0n) is 17.8. The van der Waals surface area contributed by atoms with E-state index < -0.39 is 17.8 Å². The Kier molecular flexibility index (Phi) is 8.39. The fourth-order valence-corrected chi connectivity index (χ4v) is 9.37. The average molecular weight is 479 g/mol. The lowest BCUT2D eigenvalue weighted by molar-refractivity contribution is -0.218. The van der Waals surface area contributed by atoms with Gasteiger partial charge in [0.15, 0.2) is 5.79 Å². The van der Waals surface area contributed by atoms with Crippen LogP contribution in [0.25, 0.3) is 0 Å². The number of ketones is 1. The summed E-state index contributed by atoms with van der Waals surface area (Å²) < 4.78 is 23.7. The van der Waals surface area contributed by atoms with Crippen LogP contribution in [0.1, 0.15) is 12.8 Å². The van der Waals surface area contributed by atoms with Crippen molar-refractivity contribution < 1.29 is 28.8 Å². The van der Waals surface area contributed by atoms with Gasteiger partial charge in [0.2, 0.25) is 0 Å². The standard InChI is InChI=1S/C21H34O6S3/c1-24-17-3-7-28-9-13(17)20(25-2)15-11-30-10-14(18(15)22)19(23)16-12-29-8-4-21(16)26-5-6-27-21/h13-17,19-20,23H,3-12H2,1-2H3/t13-,14+,15+,16+,17+,19-,20+/m1/s1. The Morgan fingerprint density at radius 2 is 1.77 bits per heavy atom. The van der Waals surface area contributed by atoms with Crippen molar-refractivity contribution >= 4 is 41.1 Å². The smallest absolute Gasteiger partial charge is 0.175 e. The third-order valence-corrected chi connectivity index (χ3v) is 10.5. The summed E-state index contributed by atoms with van der Waals surface area (Å²) in [7, 11) is 3.47. The zero-order valence-corrected chi connectivity index (χ0v) is 20.3. The number of methoxy groups -OCH3 is 2. The normalized spacial score (nSPS) is 39.2. The van der Waals surface area contributed by atoms with Crippen LogP contribution in [-0.2, 0) is 23.7 Å². The Balaban J connectivity index is 1.50. The predicted octanol–water partition coefficient (Wildman–Crippen LogP) is 2.17. The quantitative estimate of drug-likeness (QED) is 0.618. The minimum Gasteiger partial charge on any atom is -0.392 e. The molecule has 0 aromatic carbocycles. The highest BCUT2D eigenvalue weighted by molar-refractivity contribution is 7.99. The molecule has 30 heavy (non-hydrogen) atoms. The number of thioether (sulfide) groups is 3. The first kappa shape index (κ1) is 23.7. The monoisotopic (exact) mass is 478 g/mol. The SMILES string of the molecule is CO[C@@H]([C@@H]1CSCC[C@@H]1OC)[C@H]1CSC[C@H]([C@@H](O)[C@@H]2CSCCC23OCCO3)C1=O. The molecular weight excluding hydrogens is 444 g/mol. The Morgan fingerprint density at radius 1 is 1.03 bits per heavy atom. The summed E-state index contributed by atoms with van der Waals surface area (Å²) >= 11 is 5.48. The molecule has 4 saturated heterocycles. The fourth-order valence-electron chi connectivity index (χ4n) is 5.47. The fraction of sp³-hybridized carbons (Fsp3) is 0.952. The molecule has 0 aromatic heterocycles. The first-order chi connectivity index (χ1) is 14.6. The Bertz CT molecular complexity index is 587. The molecular formula is C21H34O6S3. The van der Waals surface area contributed by atoms with Crippen molar-refractivity contribution in [3.8, 4) is 0 Å². The van der Waals surface area contributed by atoms with Crippen LogP contribution in [0, 0.1) is 23.7 Å². The van der Waals surface area contributed by atoms with Gasteiger partial charge < -0.3 is 24.1 Å². The van der Waals surface area contributed by atoms with Gasteiger partial charge in [-0.2, -0.15) is 35.3 Å². The number of ether oxygens (including phenoxy) is 4. The number of carbonyl (C=O) groups is 1. The summed E-state index contributed by atoms with van der Waals surface area (Å²) in [6.45, 7) is 1.13. The zero-order chi connectivity index (χ0) is 21.1. The third-order valence-electron chi connectivity index (χ3n) is 7.11. The van der Waals surface area contributed by atoms with E-state index in [0.29, 0.717) is 19.0 Å². The molecule has 0 radical (unpaired) electrons. The van der Waals surface area contributed by atoms with Crippen molar-refractivity contribution in [3.63, 3.8) is 0 Å². The maximum Gasteiger partial charge on any atom is 0.175 e. The Hall–Kier alpha value is 0.520. The van der Waals surface area contributed by atoms with E-state index in [0.717, 1.165) is 41.6 Å². The predicted molar refractivity (Wildman–Crippen MR) is 122 cm³/mol. The largest absolute Gasteiger partial charge is 0.392 e. The lowest BCUT2D eigenvalue weighted by atomic mass is 9.76. The van der Waals surface area contributed by atoms with Gasteiger partial charge in [-0.15, -0.1) is 0 Å². The van der Waals surface area contributed by atoms with Gasteiger partial charge in [-0.1, -0.05) is 0 Å². The van der Waals surface area contributed by atoms with E-state index in [1.807, 2.05) is 23.5 Å². The lowest BCUT2D eigenvalue weighted by Gasteiger charge is -2.45. The second-order valence-corrected chi connectivity index (χ2v) is 12.0. The van der Waals surface area contributed by atoms with Gasteiger partial charge in [0.1, 0.15) is 5.78 Å². The molecule has 0 amide bonds. The van der Waals surface area contributed by atoms with E-state index in [2.05, 4.69) is 0 Å². The van der Waals surface area contributed by atoms with Crippen LogP contribution in [0.5, 0.6) is 0 Å². The molecule has 0 aliphatic carbocycles. The first-order valence-corrected chi connectivity index (χ1v) is 14.4. The average Bonchev–Trinajstić information content (AvgIpc) is 3.24. The van der Waals surface area contributed by atoms with Gasteiger partial charge in [-0.25, -0.2) is 0 Å². The Labute approximate surface area is 192 Å². The van der Waals surface area contributed by atoms with Crippen molar-refractivity contribution in [2.75, 3.05) is 62.0 Å². The van der Waals surface area contributed by atoms with Gasteiger partial charge in [-0.3, -0.25) is 4.79 Å². The van der Waals surface area contributed by atoms with Gasteiger partial charge >= 0.3 is 0 Å². The summed E-state index contributed by atoms with van der Waals surface area (Å²) in [4.78, 5) is 13.7. The molecule has 4 heterocycles. The lowest BCUT2D eigenvalue weighted by Crippen LogP contribution is -2.56. The number of aliphatic hydroxyl groups excluding tert-OH is 1. The molecule has 172 valence electrons. The van der Waals surface area contributed by atoms with E-state index in [-0.39, 0.29) is 35.7 Å². The van der Waals surface area contributed by atoms with Crippen LogP contribution >= 0.6 is 35.3 Å². The molecule has 4 fully saturated rings. The third kappa shape index (κ3) is 4.60. The highest BCUT2D eigenvalue weighted by atomic mass is 32.2. The molecule has 0 unspecified atom stereocenters. The maximum absolute atomic E-state index is 13.7. The molecule has 0 bridgehead atoms. The van der Waals surface area contributed by atoms with Crippen molar-refractivity contribution in [3.05, 3.63) is 0 Å². The molecule has 0 aromatic rings. The second kappa shape index (κ2) is 10.6. The number of carbonyl (C=O) groups excluding carboxylic acids is 1. The second-order valence-electron chi connectivity index (χ2n) is 8.59. The van der Waals surface area contributed by atoms with Crippen molar-refractivity contribution in [2.45, 2.75) is 36.9 Å². The summed E-state index contributed by atoms with van der Waals surface area (Å²) in [6.07, 6.45) is 0.952. The number of aliphatic hydroxyl groups is 1. The first-order valence-electron chi connectivity index (χ1n) is 10.9. The minimum absolute atomic E-state index is 0.123. The number of Topliss-reactive ketones (excluding diaryl/α,β-unsaturated/α-hetero) is 1. The molecule has 4 aliphatic rings. The molecule has 0 saturated carbocycles. The van der Waals surface area contributed by atoms with Crippen LogP contribution in [-0.4, -0.2) is 96.9 Å². The molecule has 9 heteroatoms. The van der Waals surface area contributed by atoms with Crippen LogP contribution in [0.3, 0.4) is 0 Å². The maximum atomic E-state index is 13.7. The van der Waals surface area contributed by atoms with Crippen molar-refractivity contribution in [1.29, 1.82) is 0 Å². The molecule has 4 rings (SSSR count).